The fourth-order valence-corrected chi connectivity index (χ4v) is 7.93. The summed E-state index contributed by atoms with van der Waals surface area (Å²) < 4.78 is 0. The molecule has 3 aromatic heterocycles. The topological polar surface area (TPSA) is 99.9 Å². The average molecular weight is 683 g/mol. The quantitative estimate of drug-likeness (QED) is 0.0670. The molecule has 3 aromatic rings. The lowest BCUT2D eigenvalue weighted by molar-refractivity contribution is 0.0812. The van der Waals surface area contributed by atoms with Crippen molar-refractivity contribution < 1.29 is 10.2 Å². The summed E-state index contributed by atoms with van der Waals surface area (Å²) in [7, 11) is 0. The molecule has 2 atom stereocenters. The molecule has 5 heterocycles. The molecule has 0 amide bonds. The number of rotatable bonds is 20. The molecule has 6 nitrogen and oxygen atoms in total. The molecule has 0 saturated carbocycles. The third kappa shape index (κ3) is 9.36. The van der Waals surface area contributed by atoms with E-state index < -0.39 is 12.2 Å². The van der Waals surface area contributed by atoms with Crippen LogP contribution in [0.3, 0.4) is 0 Å². The van der Waals surface area contributed by atoms with Gasteiger partial charge in [-0.25, -0.2) is 0 Å². The van der Waals surface area contributed by atoms with Gasteiger partial charge in [0.1, 0.15) is 12.2 Å². The van der Waals surface area contributed by atoms with Gasteiger partial charge in [-0.15, -0.1) is 0 Å². The van der Waals surface area contributed by atoms with Crippen molar-refractivity contribution in [3.8, 4) is 0 Å². The van der Waals surface area contributed by atoms with Gasteiger partial charge in [0.05, 0.1) is 11.4 Å². The van der Waals surface area contributed by atoms with Crippen LogP contribution in [0.4, 0.5) is 0 Å². The highest BCUT2D eigenvalue weighted by Gasteiger charge is 2.37. The smallest absolute Gasteiger partial charge is 0.125 e. The minimum absolute atomic E-state index is 0.747. The number of nitrogens with one attached hydrogen (secondary N) is 4. The molecule has 274 valence electrons. The van der Waals surface area contributed by atoms with E-state index in [1.165, 1.54) is 86.1 Å². The lowest BCUT2D eigenvalue weighted by Crippen LogP contribution is -2.22. The maximum atomic E-state index is 11.8. The Morgan fingerprint density at radius 1 is 0.400 bits per heavy atom. The van der Waals surface area contributed by atoms with Crippen LogP contribution in [0, 0.1) is 0 Å². The van der Waals surface area contributed by atoms with Crippen LogP contribution in [-0.4, -0.2) is 37.4 Å². The van der Waals surface area contributed by atoms with Crippen LogP contribution < -0.4 is 16.0 Å². The van der Waals surface area contributed by atoms with Gasteiger partial charge in [-0.3, -0.25) is 0 Å². The predicted octanol–water partition coefficient (Wildman–Crippen LogP) is 9.71. The summed E-state index contributed by atoms with van der Waals surface area (Å²) in [6, 6.07) is 13.4. The van der Waals surface area contributed by atoms with Crippen LogP contribution in [0.15, 0.2) is 47.8 Å². The number of aromatic nitrogens is 3. The van der Waals surface area contributed by atoms with Crippen molar-refractivity contribution in [2.75, 3.05) is 0 Å². The number of allylic oxidation sites excluding steroid dienone is 2. The molecule has 6 N–H and O–H groups in total. The second kappa shape index (κ2) is 19.4. The first kappa shape index (κ1) is 38.0. The maximum Gasteiger partial charge on any atom is 0.125 e. The molecule has 2 aliphatic rings. The summed E-state index contributed by atoms with van der Waals surface area (Å²) in [4.78, 5) is 11.6. The van der Waals surface area contributed by atoms with Gasteiger partial charge < -0.3 is 30.5 Å². The van der Waals surface area contributed by atoms with E-state index >= 15 is 0 Å². The lowest BCUT2D eigenvalue weighted by Gasteiger charge is -2.15. The summed E-state index contributed by atoms with van der Waals surface area (Å²) in [6.45, 7) is 9.02. The van der Waals surface area contributed by atoms with E-state index in [9.17, 15) is 10.2 Å². The molecular formula is C44H66N4O2. The fourth-order valence-electron chi connectivity index (χ4n) is 7.93. The Morgan fingerprint density at radius 2 is 0.720 bits per heavy atom. The van der Waals surface area contributed by atoms with Crippen molar-refractivity contribution in [3.63, 3.8) is 0 Å². The Bertz CT molecular complexity index is 1560. The molecule has 6 heteroatoms. The van der Waals surface area contributed by atoms with Crippen molar-refractivity contribution in [3.05, 3.63) is 81.3 Å². The monoisotopic (exact) mass is 683 g/mol. The highest BCUT2D eigenvalue weighted by molar-refractivity contribution is 5.76. The molecule has 0 spiro atoms. The Morgan fingerprint density at radius 3 is 1.06 bits per heavy atom. The van der Waals surface area contributed by atoms with E-state index in [-0.39, 0.29) is 0 Å². The number of hydrogen-bond acceptors (Lipinski definition) is 3. The number of aliphatic hydroxyl groups is 2. The molecular weight excluding hydrogens is 617 g/mol. The van der Waals surface area contributed by atoms with Gasteiger partial charge in [0.25, 0.3) is 0 Å². The molecule has 8 bridgehead atoms. The minimum Gasteiger partial charge on any atom is -0.384 e. The third-order valence-electron chi connectivity index (χ3n) is 10.9. The van der Waals surface area contributed by atoms with Gasteiger partial charge in [0.2, 0.25) is 0 Å². The third-order valence-corrected chi connectivity index (χ3v) is 10.9. The van der Waals surface area contributed by atoms with Crippen molar-refractivity contribution in [1.29, 1.82) is 0 Å². The van der Waals surface area contributed by atoms with Gasteiger partial charge in [-0.1, -0.05) is 105 Å². The van der Waals surface area contributed by atoms with E-state index in [1.54, 1.807) is 0 Å². The van der Waals surface area contributed by atoms with Gasteiger partial charge in [0.15, 0.2) is 0 Å². The first-order valence-electron chi connectivity index (χ1n) is 20.4. The number of unbranched alkanes of at least 4 members (excludes halogenated alkanes) is 12. The van der Waals surface area contributed by atoms with Crippen LogP contribution in [0.2, 0.25) is 0 Å². The summed E-state index contributed by atoms with van der Waals surface area (Å²) in [5.74, 6) is 0. The number of hydrogen-bond donors (Lipinski definition) is 6. The number of fused-ring (bicyclic) bond motifs is 8. The lowest BCUT2D eigenvalue weighted by atomic mass is 9.98. The molecule has 1 saturated heterocycles. The van der Waals surface area contributed by atoms with Crippen molar-refractivity contribution >= 4 is 22.3 Å². The maximum absolute atomic E-state index is 11.8. The highest BCUT2D eigenvalue weighted by Crippen LogP contribution is 2.37. The Balaban J connectivity index is 1.72. The molecule has 0 unspecified atom stereocenters. The van der Waals surface area contributed by atoms with Crippen molar-refractivity contribution in [2.24, 2.45) is 0 Å². The molecule has 2 aliphatic heterocycles. The molecule has 1 fully saturated rings. The van der Waals surface area contributed by atoms with Crippen molar-refractivity contribution in [2.45, 2.75) is 168 Å². The summed E-state index contributed by atoms with van der Waals surface area (Å²) in [5.41, 5.74) is 10.6. The van der Waals surface area contributed by atoms with Crippen LogP contribution in [0.5, 0.6) is 0 Å². The number of aromatic amines is 3. The van der Waals surface area contributed by atoms with E-state index in [4.69, 9.17) is 0 Å². The molecule has 0 aromatic carbocycles. The van der Waals surface area contributed by atoms with Gasteiger partial charge in [0, 0.05) is 33.5 Å². The molecule has 5 rings (SSSR count). The normalized spacial score (nSPS) is 17.7. The van der Waals surface area contributed by atoms with E-state index in [0.29, 0.717) is 0 Å². The van der Waals surface area contributed by atoms with Gasteiger partial charge in [-0.05, 0) is 110 Å². The second-order valence-electron chi connectivity index (χ2n) is 14.9. The van der Waals surface area contributed by atoms with Crippen LogP contribution in [0.25, 0.3) is 22.3 Å². The zero-order chi connectivity index (χ0) is 35.3. The molecule has 50 heavy (non-hydrogen) atoms. The summed E-state index contributed by atoms with van der Waals surface area (Å²) in [6.07, 6.45) is 20.5. The van der Waals surface area contributed by atoms with E-state index in [1.807, 2.05) is 0 Å². The zero-order valence-electron chi connectivity index (χ0n) is 31.7. The first-order valence-corrected chi connectivity index (χ1v) is 20.4. The summed E-state index contributed by atoms with van der Waals surface area (Å²) >= 11 is 0. The SMILES string of the molecule is CCCCCCC1=C2NC(=C(CCCCCC)c3ccc([nH]3)C(CCCCCC)=c3ccc([nH]3)=C(CCCCCC)c3ccc1[nH]3)[C@H](O)[C@@H]2O. The fraction of sp³-hybridized carbons (Fsp3) is 0.591. The summed E-state index contributed by atoms with van der Waals surface area (Å²) in [5, 5.41) is 29.6. The number of H-pyrrole nitrogens is 3. The van der Waals surface area contributed by atoms with Crippen molar-refractivity contribution in [1.82, 2.24) is 20.3 Å². The van der Waals surface area contributed by atoms with E-state index in [2.05, 4.69) is 84.4 Å². The van der Waals surface area contributed by atoms with Crippen LogP contribution in [0.1, 0.15) is 179 Å². The van der Waals surface area contributed by atoms with Gasteiger partial charge >= 0.3 is 0 Å². The Kier molecular flexibility index (Phi) is 14.8. The standard InChI is InChI=1S/C44H66N4O2/c1-5-9-13-17-21-31-35-25-26-36(45-35)32(22-18-14-10-6-2)38-28-30-40(47-38)34(24-20-16-12-8-4)42-44(50)43(49)41(48-42)33(23-19-15-11-7-3)39-29-27-37(31)46-39/h25-30,43-50H,5-24H2,1-4H3/t43-,44+. The largest absolute Gasteiger partial charge is 0.384 e. The van der Waals surface area contributed by atoms with E-state index in [0.717, 1.165) is 110 Å². The second-order valence-corrected chi connectivity index (χ2v) is 14.9. The zero-order valence-corrected chi connectivity index (χ0v) is 31.7. The highest BCUT2D eigenvalue weighted by atomic mass is 16.3. The average Bonchev–Trinajstić information content (AvgIpc) is 3.95. The number of aliphatic hydroxyl groups excluding tert-OH is 2. The predicted molar refractivity (Wildman–Crippen MR) is 211 cm³/mol. The Hall–Kier alpha value is -3.22. The van der Waals surface area contributed by atoms with Gasteiger partial charge in [-0.2, -0.15) is 0 Å². The molecule has 0 aliphatic carbocycles. The van der Waals surface area contributed by atoms with Crippen LogP contribution >= 0.6 is 0 Å². The molecule has 0 radical (unpaired) electrons. The first-order chi connectivity index (χ1) is 24.5. The van der Waals surface area contributed by atoms with Crippen LogP contribution in [-0.2, 0) is 0 Å². The Labute approximate surface area is 301 Å². The minimum atomic E-state index is -1.00.